The van der Waals surface area contributed by atoms with Crippen LogP contribution in [0.25, 0.3) is 43.1 Å². The molecule has 0 saturated carbocycles. The van der Waals surface area contributed by atoms with Crippen LogP contribution in [0.1, 0.15) is 0 Å². The molecule has 6 heteroatoms. The lowest BCUT2D eigenvalue weighted by Crippen LogP contribution is -2.37. The number of hydrogen-bond acceptors (Lipinski definition) is 2. The summed E-state index contributed by atoms with van der Waals surface area (Å²) < 4.78 is 0. The van der Waals surface area contributed by atoms with Gasteiger partial charge in [0.15, 0.2) is 0 Å². The normalized spacial score (nSPS) is 12.8. The molecule has 62 heavy (non-hydrogen) atoms. The Morgan fingerprint density at radius 3 is 0.710 bits per heavy atom. The summed E-state index contributed by atoms with van der Waals surface area (Å²) in [7, 11) is -5.89. The molecule has 0 N–H and O–H groups in total. The molecule has 0 spiro atoms. The van der Waals surface area contributed by atoms with Gasteiger partial charge in [-0.2, -0.15) is 0 Å². The zero-order valence-electron chi connectivity index (χ0n) is 38.9. The number of rotatable bonds is 10. The lowest BCUT2D eigenvalue weighted by Gasteiger charge is -2.30. The van der Waals surface area contributed by atoms with Crippen molar-refractivity contribution in [3.63, 3.8) is 0 Å². The maximum atomic E-state index is 2.49. The average molecular weight is 875 g/mol. The Hall–Kier alpha value is -5.25. The maximum absolute atomic E-state index is 2.49. The number of hydrogen-bond donors (Lipinski definition) is 0. The standard InChI is InChI=1S/C56H62N2Si4/c1-59(2,3)43-27-19-39(20-28-43)57(40-21-29-44(30-22-40)60(4,5)6)53-37-35-49-48-16-14-18-52-54(38-36-50(56(48)52)47-15-13-17-51(53)55(47)49)58(41-23-31-45(32-24-41)61(7,8)9)42-25-33-46(34-26-42)62(10,11)12/h13-38H,1-12H3. The Labute approximate surface area is 374 Å². The van der Waals surface area contributed by atoms with Gasteiger partial charge in [-0.05, 0) is 93.0 Å². The molecule has 9 aromatic carbocycles. The van der Waals surface area contributed by atoms with Gasteiger partial charge < -0.3 is 9.80 Å². The summed E-state index contributed by atoms with van der Waals surface area (Å²) >= 11 is 0. The van der Waals surface area contributed by atoms with E-state index in [2.05, 4.69) is 246 Å². The van der Waals surface area contributed by atoms with Crippen molar-refractivity contribution >= 4 is 130 Å². The largest absolute Gasteiger partial charge is 0.310 e. The highest BCUT2D eigenvalue weighted by Gasteiger charge is 2.26. The first-order valence-electron chi connectivity index (χ1n) is 22.4. The molecule has 0 unspecified atom stereocenters. The molecule has 0 aromatic heterocycles. The van der Waals surface area contributed by atoms with Gasteiger partial charge in [-0.15, -0.1) is 0 Å². The fourth-order valence-corrected chi connectivity index (χ4v) is 14.0. The minimum absolute atomic E-state index is 1.19. The van der Waals surface area contributed by atoms with E-state index in [9.17, 15) is 0 Å². The van der Waals surface area contributed by atoms with Crippen molar-refractivity contribution in [2.75, 3.05) is 9.80 Å². The van der Waals surface area contributed by atoms with E-state index >= 15 is 0 Å². The Morgan fingerprint density at radius 1 is 0.242 bits per heavy atom. The molecule has 0 bridgehead atoms. The minimum Gasteiger partial charge on any atom is -0.310 e. The summed E-state index contributed by atoms with van der Waals surface area (Å²) in [6.45, 7) is 29.1. The highest BCUT2D eigenvalue weighted by molar-refractivity contribution is 6.90. The molecule has 0 heterocycles. The van der Waals surface area contributed by atoms with Crippen LogP contribution in [0.4, 0.5) is 34.1 Å². The van der Waals surface area contributed by atoms with Crippen molar-refractivity contribution in [1.82, 2.24) is 0 Å². The molecule has 9 rings (SSSR count). The Morgan fingerprint density at radius 2 is 0.468 bits per heavy atom. The SMILES string of the molecule is C[Si](C)(C)c1ccc(N(c2ccc([Si](C)(C)C)cc2)c2ccc3c4cccc5c(N(c6ccc([Si](C)(C)C)cc6)c6ccc([Si](C)(C)C)cc6)ccc(c6cccc2c63)c54)cc1. The maximum Gasteiger partial charge on any atom is 0.0775 e. The molecule has 0 amide bonds. The summed E-state index contributed by atoms with van der Waals surface area (Å²) in [5, 5.41) is 16.2. The van der Waals surface area contributed by atoms with Crippen LogP contribution in [0.15, 0.2) is 158 Å². The second-order valence-corrected chi connectivity index (χ2v) is 41.9. The summed E-state index contributed by atoms with van der Waals surface area (Å²) in [6, 6.07) is 61.2. The van der Waals surface area contributed by atoms with Gasteiger partial charge in [0.1, 0.15) is 0 Å². The summed E-state index contributed by atoms with van der Waals surface area (Å²) in [6.07, 6.45) is 0. The quantitative estimate of drug-likeness (QED) is 0.0767. The topological polar surface area (TPSA) is 6.48 Å². The van der Waals surface area contributed by atoms with E-state index in [1.54, 1.807) is 0 Å². The second-order valence-electron chi connectivity index (χ2n) is 21.6. The van der Waals surface area contributed by atoms with Crippen molar-refractivity contribution in [3.05, 3.63) is 158 Å². The highest BCUT2D eigenvalue weighted by atomic mass is 28.3. The van der Waals surface area contributed by atoms with Gasteiger partial charge in [-0.25, -0.2) is 0 Å². The van der Waals surface area contributed by atoms with Gasteiger partial charge in [-0.1, -0.05) is 196 Å². The van der Waals surface area contributed by atoms with E-state index in [1.807, 2.05) is 0 Å². The molecule has 2 nitrogen and oxygen atoms in total. The zero-order valence-corrected chi connectivity index (χ0v) is 42.9. The Bertz CT molecular complexity index is 2720. The van der Waals surface area contributed by atoms with Crippen LogP contribution in [0.5, 0.6) is 0 Å². The number of anilines is 6. The molecule has 0 aliphatic heterocycles. The zero-order chi connectivity index (χ0) is 43.9. The van der Waals surface area contributed by atoms with Crippen LogP contribution in [-0.4, -0.2) is 32.3 Å². The third-order valence-corrected chi connectivity index (χ3v) is 21.3. The van der Waals surface area contributed by atoms with Gasteiger partial charge in [0.25, 0.3) is 0 Å². The molecule has 0 fully saturated rings. The summed E-state index contributed by atoms with van der Waals surface area (Å²) in [5.74, 6) is 0. The number of benzene rings is 9. The first-order valence-corrected chi connectivity index (χ1v) is 36.4. The van der Waals surface area contributed by atoms with Crippen LogP contribution < -0.4 is 30.5 Å². The van der Waals surface area contributed by atoms with E-state index < -0.39 is 32.3 Å². The van der Waals surface area contributed by atoms with Crippen LogP contribution in [0.3, 0.4) is 0 Å². The first-order chi connectivity index (χ1) is 29.3. The van der Waals surface area contributed by atoms with E-state index in [0.717, 1.165) is 0 Å². The third-order valence-electron chi connectivity index (χ3n) is 13.1. The molecule has 9 aromatic rings. The van der Waals surface area contributed by atoms with Crippen molar-refractivity contribution in [2.24, 2.45) is 0 Å². The molecule has 0 aliphatic carbocycles. The fraction of sp³-hybridized carbons (Fsp3) is 0.214. The predicted octanol–water partition coefficient (Wildman–Crippen LogP) is 14.9. The summed E-state index contributed by atoms with van der Waals surface area (Å²) in [5.41, 5.74) is 7.15. The van der Waals surface area contributed by atoms with Crippen LogP contribution in [-0.2, 0) is 0 Å². The molecule has 312 valence electrons. The fourth-order valence-electron chi connectivity index (χ4n) is 9.37. The first kappa shape index (κ1) is 42.1. The highest BCUT2D eigenvalue weighted by Crippen LogP contribution is 2.48. The summed E-state index contributed by atoms with van der Waals surface area (Å²) in [4.78, 5) is 4.98. The van der Waals surface area contributed by atoms with E-state index in [0.29, 0.717) is 0 Å². The molecular formula is C56H62N2Si4. The van der Waals surface area contributed by atoms with Crippen molar-refractivity contribution < 1.29 is 0 Å². The Kier molecular flexibility index (Phi) is 10.3. The lowest BCUT2D eigenvalue weighted by molar-refractivity contribution is 1.30. The van der Waals surface area contributed by atoms with Crippen molar-refractivity contribution in [3.8, 4) is 0 Å². The van der Waals surface area contributed by atoms with Crippen LogP contribution in [0.2, 0.25) is 78.6 Å². The molecular weight excluding hydrogens is 813 g/mol. The van der Waals surface area contributed by atoms with Gasteiger partial charge in [0, 0.05) is 33.5 Å². The molecule has 0 saturated heterocycles. The van der Waals surface area contributed by atoms with E-state index in [4.69, 9.17) is 0 Å². The smallest absolute Gasteiger partial charge is 0.0775 e. The van der Waals surface area contributed by atoms with E-state index in [-0.39, 0.29) is 0 Å². The van der Waals surface area contributed by atoms with Gasteiger partial charge in [-0.3, -0.25) is 0 Å². The average Bonchev–Trinajstić information content (AvgIpc) is 3.23. The van der Waals surface area contributed by atoms with Crippen molar-refractivity contribution in [2.45, 2.75) is 78.6 Å². The third kappa shape index (κ3) is 7.55. The van der Waals surface area contributed by atoms with Crippen molar-refractivity contribution in [1.29, 1.82) is 0 Å². The minimum atomic E-state index is -1.47. The van der Waals surface area contributed by atoms with Gasteiger partial charge >= 0.3 is 0 Å². The second kappa shape index (κ2) is 15.2. The predicted molar refractivity (Wildman–Crippen MR) is 289 cm³/mol. The Balaban J connectivity index is 1.26. The molecule has 0 radical (unpaired) electrons. The number of nitrogens with zero attached hydrogens (tertiary/aromatic N) is 2. The van der Waals surface area contributed by atoms with E-state index in [1.165, 1.54) is 98.0 Å². The number of fused-ring (bicyclic) bond motifs is 2. The van der Waals surface area contributed by atoms with Gasteiger partial charge in [0.2, 0.25) is 0 Å². The van der Waals surface area contributed by atoms with Gasteiger partial charge in [0.05, 0.1) is 43.7 Å². The molecule has 0 atom stereocenters. The van der Waals surface area contributed by atoms with Crippen LogP contribution >= 0.6 is 0 Å². The molecule has 0 aliphatic rings. The lowest BCUT2D eigenvalue weighted by atomic mass is 9.88. The van der Waals surface area contributed by atoms with Crippen LogP contribution in [0, 0.1) is 0 Å². The monoisotopic (exact) mass is 874 g/mol.